The predicted octanol–water partition coefficient (Wildman–Crippen LogP) is 1.29. The number of aliphatic carboxylic acids is 1. The maximum Gasteiger partial charge on any atom is 0.303 e. The number of anilines is 1. The summed E-state index contributed by atoms with van der Waals surface area (Å²) in [5.74, 6) is -1.29. The molecule has 1 aliphatic heterocycles. The molecular weight excluding hydrogens is 452 g/mol. The van der Waals surface area contributed by atoms with Gasteiger partial charge in [-0.1, -0.05) is 24.3 Å². The summed E-state index contributed by atoms with van der Waals surface area (Å²) >= 11 is 0. The summed E-state index contributed by atoms with van der Waals surface area (Å²) in [5, 5.41) is 16.5. The predicted molar refractivity (Wildman–Crippen MR) is 120 cm³/mol. The Bertz CT molecular complexity index is 1160. The number of carboxylic acids is 1. The van der Waals surface area contributed by atoms with E-state index in [1.165, 1.54) is 5.01 Å². The maximum absolute atomic E-state index is 12.8. The fourth-order valence-corrected chi connectivity index (χ4v) is 4.00. The van der Waals surface area contributed by atoms with Gasteiger partial charge in [0.2, 0.25) is 15.9 Å². The number of hydrogen-bond donors (Lipinski definition) is 3. The first kappa shape index (κ1) is 25.6. The van der Waals surface area contributed by atoms with Gasteiger partial charge in [-0.2, -0.15) is 5.10 Å². The summed E-state index contributed by atoms with van der Waals surface area (Å²) in [6.07, 6.45) is 1.54. The van der Waals surface area contributed by atoms with Crippen molar-refractivity contribution >= 4 is 39.0 Å². The van der Waals surface area contributed by atoms with Crippen LogP contribution < -0.4 is 9.90 Å². The Kier molecular flexibility index (Phi) is 8.38. The zero-order valence-electron chi connectivity index (χ0n) is 17.8. The van der Waals surface area contributed by atoms with Crippen LogP contribution in [-0.2, 0) is 19.6 Å². The van der Waals surface area contributed by atoms with Crippen LogP contribution in [0.3, 0.4) is 0 Å². The van der Waals surface area contributed by atoms with Gasteiger partial charge in [0.1, 0.15) is 0 Å². The van der Waals surface area contributed by atoms with Gasteiger partial charge in [0.05, 0.1) is 18.0 Å². The van der Waals surface area contributed by atoms with Gasteiger partial charge in [-0.05, 0) is 29.7 Å². The lowest BCUT2D eigenvalue weighted by Crippen LogP contribution is -2.55. The maximum atomic E-state index is 12.8. The molecule has 176 valence electrons. The van der Waals surface area contributed by atoms with Crippen LogP contribution in [0.25, 0.3) is 0 Å². The van der Waals surface area contributed by atoms with Gasteiger partial charge in [0.25, 0.3) is 5.69 Å². The lowest BCUT2D eigenvalue weighted by Gasteiger charge is -2.21. The number of hydrazone groups is 1. The number of carboxylic acid groups (broad SMARTS) is 1. The summed E-state index contributed by atoms with van der Waals surface area (Å²) in [7, 11) is -3.40. The molecule has 12 heteroatoms. The number of amides is 1. The third-order valence-corrected chi connectivity index (χ3v) is 5.46. The fourth-order valence-electron chi connectivity index (χ4n) is 3.43. The first-order chi connectivity index (χ1) is 15.2. The second-order valence-electron chi connectivity index (χ2n) is 7.43. The molecule has 0 saturated carbocycles. The third-order valence-electron chi connectivity index (χ3n) is 4.86. The van der Waals surface area contributed by atoms with Crippen LogP contribution in [0.15, 0.2) is 53.6 Å². The number of carbonyl (C=O) groups excluding carboxylic acids is 1. The van der Waals surface area contributed by atoms with E-state index in [1.54, 1.807) is 48.5 Å². The molecule has 1 heterocycles. The highest BCUT2D eigenvalue weighted by atomic mass is 32.2. The minimum Gasteiger partial charge on any atom is -0.870 e. The number of hydrogen-bond acceptors (Lipinski definition) is 7. The van der Waals surface area contributed by atoms with E-state index in [-0.39, 0.29) is 30.6 Å². The standard InChI is InChI=1S/C21H22N4O6S.H2O/c1-32(30,31)24-16-10-8-14(9-11-16)18-13-19(15-4-2-5-17(12-15)23-29)25(22-18)20(26)6-3-7-21(27)28;/h2,4-5,8-12,19,24H,3,6-7,13H2,1H3,(H,27,28);1H2. The minimum atomic E-state index is -3.40. The zero-order chi connectivity index (χ0) is 23.3. The summed E-state index contributed by atoms with van der Waals surface area (Å²) < 4.78 is 25.2. The van der Waals surface area contributed by atoms with Gasteiger partial charge >= 0.3 is 5.97 Å². The quantitative estimate of drug-likeness (QED) is 0.488. The van der Waals surface area contributed by atoms with Crippen LogP contribution in [0.2, 0.25) is 0 Å². The number of nitroso groups, excluding NO2 is 1. The van der Waals surface area contributed by atoms with Crippen LogP contribution in [0.1, 0.15) is 42.9 Å². The third kappa shape index (κ3) is 6.92. The highest BCUT2D eigenvalue weighted by molar-refractivity contribution is 7.92. The van der Waals surface area contributed by atoms with Gasteiger partial charge in [0.15, 0.2) is 0 Å². The Morgan fingerprint density at radius 3 is 2.48 bits per heavy atom. The fraction of sp³-hybridized carbons (Fsp3) is 0.286. The van der Waals surface area contributed by atoms with E-state index in [4.69, 9.17) is 5.11 Å². The van der Waals surface area contributed by atoms with Gasteiger partial charge in [-0.15, -0.1) is 0 Å². The average Bonchev–Trinajstić information content (AvgIpc) is 3.18. The molecule has 33 heavy (non-hydrogen) atoms. The lowest BCUT2D eigenvalue weighted by atomic mass is 9.97. The second kappa shape index (κ2) is 10.8. The SMILES string of the molecule is CS(=O)(=O)Nc1ccc(C2=NN(C(=O)CCCC(=O)O)C(c3cccc([NH+]=O)c3)C2)cc1.[OH-]. The topological polar surface area (TPSA) is 177 Å². The zero-order valence-corrected chi connectivity index (χ0v) is 18.6. The van der Waals surface area contributed by atoms with Crippen molar-refractivity contribution in [1.29, 1.82) is 0 Å². The smallest absolute Gasteiger partial charge is 0.303 e. The van der Waals surface area contributed by atoms with E-state index in [9.17, 15) is 22.9 Å². The first-order valence-corrected chi connectivity index (χ1v) is 11.7. The Morgan fingerprint density at radius 1 is 1.18 bits per heavy atom. The van der Waals surface area contributed by atoms with Crippen molar-refractivity contribution in [3.8, 4) is 0 Å². The molecule has 0 aromatic heterocycles. The van der Waals surface area contributed by atoms with E-state index >= 15 is 0 Å². The molecule has 2 aromatic carbocycles. The van der Waals surface area contributed by atoms with Crippen molar-refractivity contribution < 1.29 is 33.8 Å². The largest absolute Gasteiger partial charge is 0.870 e. The van der Waals surface area contributed by atoms with Crippen molar-refractivity contribution in [1.82, 2.24) is 5.01 Å². The normalized spacial score (nSPS) is 15.4. The molecule has 0 radical (unpaired) electrons. The molecule has 2 aromatic rings. The molecule has 4 N–H and O–H groups in total. The van der Waals surface area contributed by atoms with Gasteiger partial charge in [-0.25, -0.2) is 13.4 Å². The van der Waals surface area contributed by atoms with Crippen molar-refractivity contribution in [3.05, 3.63) is 64.6 Å². The van der Waals surface area contributed by atoms with E-state index in [1.807, 2.05) is 5.18 Å². The van der Waals surface area contributed by atoms with E-state index < -0.39 is 22.0 Å². The Morgan fingerprint density at radius 2 is 1.88 bits per heavy atom. The number of rotatable bonds is 9. The van der Waals surface area contributed by atoms with Crippen LogP contribution in [0.4, 0.5) is 11.4 Å². The molecule has 1 amide bonds. The number of nitrogens with one attached hydrogen (secondary N) is 2. The minimum absolute atomic E-state index is 0. The van der Waals surface area contributed by atoms with E-state index in [0.29, 0.717) is 34.6 Å². The van der Waals surface area contributed by atoms with Crippen LogP contribution >= 0.6 is 0 Å². The molecule has 3 rings (SSSR count). The van der Waals surface area contributed by atoms with Gasteiger partial charge in [0, 0.05) is 47.2 Å². The van der Waals surface area contributed by atoms with Crippen molar-refractivity contribution in [2.45, 2.75) is 31.7 Å². The number of carbonyl (C=O) groups is 2. The molecule has 0 spiro atoms. The van der Waals surface area contributed by atoms with Crippen LogP contribution in [-0.4, -0.2) is 47.9 Å². The second-order valence-corrected chi connectivity index (χ2v) is 9.18. The Balaban J connectivity index is 0.00000385. The van der Waals surface area contributed by atoms with Gasteiger partial charge < -0.3 is 10.6 Å². The summed E-state index contributed by atoms with van der Waals surface area (Å²) in [5.41, 5.74) is 2.81. The van der Waals surface area contributed by atoms with Crippen LogP contribution in [0, 0.1) is 4.91 Å². The highest BCUT2D eigenvalue weighted by Crippen LogP contribution is 2.34. The number of benzene rings is 2. The molecule has 0 bridgehead atoms. The van der Waals surface area contributed by atoms with Crippen molar-refractivity contribution in [2.24, 2.45) is 5.10 Å². The summed E-state index contributed by atoms with van der Waals surface area (Å²) in [4.78, 5) is 34.7. The lowest BCUT2D eigenvalue weighted by molar-refractivity contribution is -0.379. The molecule has 0 fully saturated rings. The molecule has 1 unspecified atom stereocenters. The van der Waals surface area contributed by atoms with Crippen LogP contribution in [0.5, 0.6) is 0 Å². The molecule has 11 nitrogen and oxygen atoms in total. The molecule has 0 aliphatic carbocycles. The van der Waals surface area contributed by atoms with Crippen molar-refractivity contribution in [3.63, 3.8) is 0 Å². The Labute approximate surface area is 190 Å². The van der Waals surface area contributed by atoms with E-state index in [2.05, 4.69) is 9.82 Å². The number of nitrogens with zero attached hydrogens (tertiary/aromatic N) is 2. The van der Waals surface area contributed by atoms with Crippen molar-refractivity contribution in [2.75, 3.05) is 11.0 Å². The molecule has 0 saturated heterocycles. The summed E-state index contributed by atoms with van der Waals surface area (Å²) in [6, 6.07) is 12.9. The van der Waals surface area contributed by atoms with Gasteiger partial charge in [-0.3, -0.25) is 14.3 Å². The summed E-state index contributed by atoms with van der Waals surface area (Å²) in [6.45, 7) is 0. The molecular formula is C21H24N4O7S. The monoisotopic (exact) mass is 476 g/mol. The average molecular weight is 477 g/mol. The Hall–Kier alpha value is -3.64. The number of sulfonamides is 1. The van der Waals surface area contributed by atoms with E-state index in [0.717, 1.165) is 6.26 Å². The highest BCUT2D eigenvalue weighted by Gasteiger charge is 2.33. The molecule has 1 aliphatic rings. The first-order valence-electron chi connectivity index (χ1n) is 9.84. The molecule has 1 atom stereocenters.